The van der Waals surface area contributed by atoms with Crippen LogP contribution in [0.4, 0.5) is 5.69 Å². The summed E-state index contributed by atoms with van der Waals surface area (Å²) in [5, 5.41) is 2.70. The predicted molar refractivity (Wildman–Crippen MR) is 120 cm³/mol. The van der Waals surface area contributed by atoms with Crippen LogP contribution in [0.2, 0.25) is 0 Å². The molecule has 1 fully saturated rings. The molecule has 0 unspecified atom stereocenters. The average Bonchev–Trinajstić information content (AvgIpc) is 2.92. The van der Waals surface area contributed by atoms with E-state index in [1.165, 1.54) is 43.9 Å². The number of amides is 3. The number of benzene rings is 1. The number of hydrogen-bond acceptors (Lipinski definition) is 3. The third kappa shape index (κ3) is 5.51. The molecule has 1 N–H and O–H groups in total. The van der Waals surface area contributed by atoms with E-state index in [2.05, 4.69) is 5.32 Å². The second-order valence-electron chi connectivity index (χ2n) is 8.34. The van der Waals surface area contributed by atoms with E-state index in [-0.39, 0.29) is 34.4 Å². The first-order valence-electron chi connectivity index (χ1n) is 11.1. The number of carbonyl (C=O) groups is 3. The van der Waals surface area contributed by atoms with E-state index in [0.29, 0.717) is 11.3 Å². The van der Waals surface area contributed by atoms with Gasteiger partial charge in [0.05, 0.1) is 5.57 Å². The van der Waals surface area contributed by atoms with E-state index >= 15 is 0 Å². The molecular formula is C24H31ClN2O3. The summed E-state index contributed by atoms with van der Waals surface area (Å²) in [5.74, 6) is -0.838. The number of halogens is 1. The molecule has 3 rings (SSSR count). The van der Waals surface area contributed by atoms with Crippen molar-refractivity contribution in [2.45, 2.75) is 83.6 Å². The number of imide groups is 1. The molecule has 1 heterocycles. The van der Waals surface area contributed by atoms with Gasteiger partial charge in [0.15, 0.2) is 0 Å². The zero-order chi connectivity index (χ0) is 21.5. The minimum absolute atomic E-state index is 0.00149. The summed E-state index contributed by atoms with van der Waals surface area (Å²) < 4.78 is 0. The van der Waals surface area contributed by atoms with Gasteiger partial charge in [-0.05, 0) is 30.5 Å². The number of nitrogens with zero attached hydrogens (tertiary/aromatic N) is 1. The van der Waals surface area contributed by atoms with Crippen LogP contribution in [0.25, 0.3) is 5.57 Å². The van der Waals surface area contributed by atoms with Gasteiger partial charge in [-0.25, -0.2) is 0 Å². The van der Waals surface area contributed by atoms with Crippen LogP contribution in [-0.2, 0) is 14.4 Å². The highest BCUT2D eigenvalue weighted by molar-refractivity contribution is 6.55. The molecule has 6 heteroatoms. The van der Waals surface area contributed by atoms with Crippen LogP contribution in [0.15, 0.2) is 29.3 Å². The Kier molecular flexibility index (Phi) is 8.08. The zero-order valence-corrected chi connectivity index (χ0v) is 18.5. The normalized spacial score (nSPS) is 20.1. The molecule has 0 saturated heterocycles. The van der Waals surface area contributed by atoms with Crippen LogP contribution in [0.1, 0.15) is 83.1 Å². The highest BCUT2D eigenvalue weighted by atomic mass is 35.5. The quantitative estimate of drug-likeness (QED) is 0.631. The maximum atomic E-state index is 13.3. The van der Waals surface area contributed by atoms with Crippen LogP contribution < -0.4 is 5.32 Å². The second kappa shape index (κ2) is 10.8. The van der Waals surface area contributed by atoms with Gasteiger partial charge in [-0.3, -0.25) is 19.3 Å². The van der Waals surface area contributed by atoms with Crippen LogP contribution in [0, 0.1) is 0 Å². The smallest absolute Gasteiger partial charge is 0.273 e. The number of carbonyl (C=O) groups excluding carboxylic acids is 3. The van der Waals surface area contributed by atoms with Crippen molar-refractivity contribution < 1.29 is 14.4 Å². The molecule has 0 atom stereocenters. The Morgan fingerprint density at radius 2 is 1.37 bits per heavy atom. The minimum atomic E-state index is -0.375. The molecule has 1 aliphatic heterocycles. The number of hydrogen-bond donors (Lipinski definition) is 1. The molecular weight excluding hydrogens is 400 g/mol. The van der Waals surface area contributed by atoms with Gasteiger partial charge in [0.2, 0.25) is 5.91 Å². The first kappa shape index (κ1) is 22.5. The van der Waals surface area contributed by atoms with Crippen LogP contribution in [0.5, 0.6) is 0 Å². The molecule has 3 amide bonds. The van der Waals surface area contributed by atoms with E-state index in [9.17, 15) is 14.4 Å². The van der Waals surface area contributed by atoms with Crippen LogP contribution in [0.3, 0.4) is 0 Å². The zero-order valence-electron chi connectivity index (χ0n) is 17.7. The highest BCUT2D eigenvalue weighted by Gasteiger charge is 2.41. The minimum Gasteiger partial charge on any atom is -0.326 e. The van der Waals surface area contributed by atoms with Crippen molar-refractivity contribution in [1.29, 1.82) is 0 Å². The maximum Gasteiger partial charge on any atom is 0.273 e. The Morgan fingerprint density at radius 3 is 1.87 bits per heavy atom. The fraction of sp³-hybridized carbons (Fsp3) is 0.542. The number of anilines is 1. The fourth-order valence-electron chi connectivity index (χ4n) is 4.42. The first-order chi connectivity index (χ1) is 14.5. The lowest BCUT2D eigenvalue weighted by Gasteiger charge is -2.27. The molecule has 0 radical (unpaired) electrons. The van der Waals surface area contributed by atoms with Gasteiger partial charge in [-0.15, -0.1) is 0 Å². The Balaban J connectivity index is 1.76. The van der Waals surface area contributed by atoms with Gasteiger partial charge >= 0.3 is 0 Å². The van der Waals surface area contributed by atoms with Crippen molar-refractivity contribution in [3.05, 3.63) is 34.9 Å². The van der Waals surface area contributed by atoms with Gasteiger partial charge in [0.25, 0.3) is 11.8 Å². The molecule has 0 aromatic heterocycles. The molecule has 0 spiro atoms. The summed E-state index contributed by atoms with van der Waals surface area (Å²) >= 11 is 6.37. The summed E-state index contributed by atoms with van der Waals surface area (Å²) in [6.45, 7) is 1.44. The van der Waals surface area contributed by atoms with E-state index in [4.69, 9.17) is 11.6 Å². The molecule has 1 aromatic carbocycles. The van der Waals surface area contributed by atoms with Gasteiger partial charge in [-0.1, -0.05) is 81.5 Å². The lowest BCUT2D eigenvalue weighted by Crippen LogP contribution is -2.41. The lowest BCUT2D eigenvalue weighted by molar-refractivity contribution is -0.139. The molecule has 1 saturated carbocycles. The van der Waals surface area contributed by atoms with Crippen molar-refractivity contribution >= 4 is 40.6 Å². The van der Waals surface area contributed by atoms with E-state index in [1.54, 1.807) is 24.3 Å². The van der Waals surface area contributed by atoms with Crippen molar-refractivity contribution in [2.75, 3.05) is 5.32 Å². The molecule has 1 aromatic rings. The monoisotopic (exact) mass is 430 g/mol. The Morgan fingerprint density at radius 1 is 0.867 bits per heavy atom. The third-order valence-corrected chi connectivity index (χ3v) is 6.34. The van der Waals surface area contributed by atoms with E-state index in [0.717, 1.165) is 38.5 Å². The SMILES string of the molecule is CC(=O)Nc1ccc(C2=C(Cl)C(=O)N(C3CCCCCCCCCCC3)C2=O)cc1. The van der Waals surface area contributed by atoms with E-state index in [1.807, 2.05) is 0 Å². The molecule has 162 valence electrons. The van der Waals surface area contributed by atoms with Crippen molar-refractivity contribution in [3.8, 4) is 0 Å². The molecule has 0 bridgehead atoms. The summed E-state index contributed by atoms with van der Waals surface area (Å²) in [6.07, 6.45) is 12.3. The molecule has 5 nitrogen and oxygen atoms in total. The Bertz CT molecular complexity index is 804. The number of nitrogens with one attached hydrogen (secondary N) is 1. The summed E-state index contributed by atoms with van der Waals surface area (Å²) in [6, 6.07) is 6.78. The molecule has 30 heavy (non-hydrogen) atoms. The lowest BCUT2D eigenvalue weighted by atomic mass is 9.96. The average molecular weight is 431 g/mol. The second-order valence-corrected chi connectivity index (χ2v) is 8.72. The number of rotatable bonds is 3. The van der Waals surface area contributed by atoms with Crippen LogP contribution in [-0.4, -0.2) is 28.7 Å². The van der Waals surface area contributed by atoms with Gasteiger partial charge in [0, 0.05) is 18.7 Å². The largest absolute Gasteiger partial charge is 0.326 e. The topological polar surface area (TPSA) is 66.5 Å². The Labute approximate surface area is 183 Å². The maximum absolute atomic E-state index is 13.3. The summed E-state index contributed by atoms with van der Waals surface area (Å²) in [7, 11) is 0. The van der Waals surface area contributed by atoms with Crippen molar-refractivity contribution in [3.63, 3.8) is 0 Å². The third-order valence-electron chi connectivity index (χ3n) is 5.99. The van der Waals surface area contributed by atoms with Crippen molar-refractivity contribution in [1.82, 2.24) is 4.90 Å². The van der Waals surface area contributed by atoms with Gasteiger partial charge in [-0.2, -0.15) is 0 Å². The van der Waals surface area contributed by atoms with Crippen LogP contribution >= 0.6 is 11.6 Å². The predicted octanol–water partition coefficient (Wildman–Crippen LogP) is 5.64. The van der Waals surface area contributed by atoms with E-state index < -0.39 is 0 Å². The fourth-order valence-corrected chi connectivity index (χ4v) is 4.71. The van der Waals surface area contributed by atoms with Gasteiger partial charge in [0.1, 0.15) is 5.03 Å². The standard InChI is InChI=1S/C24H31ClN2O3/c1-17(28)26-19-15-13-18(14-16-19)21-22(25)24(30)27(23(21)29)20-11-9-7-5-3-2-4-6-8-10-12-20/h13-16,20H,2-12H2,1H3,(H,26,28). The molecule has 1 aliphatic carbocycles. The Hall–Kier alpha value is -2.14. The van der Waals surface area contributed by atoms with Crippen molar-refractivity contribution in [2.24, 2.45) is 0 Å². The highest BCUT2D eigenvalue weighted by Crippen LogP contribution is 2.35. The molecule has 2 aliphatic rings. The summed E-state index contributed by atoms with van der Waals surface area (Å²) in [4.78, 5) is 38.8. The summed E-state index contributed by atoms with van der Waals surface area (Å²) in [5.41, 5.74) is 1.50. The van der Waals surface area contributed by atoms with Gasteiger partial charge < -0.3 is 5.32 Å². The first-order valence-corrected chi connectivity index (χ1v) is 11.5.